The molecule has 0 bridgehead atoms. The van der Waals surface area contributed by atoms with E-state index >= 15 is 0 Å². The summed E-state index contributed by atoms with van der Waals surface area (Å²) in [6.07, 6.45) is 3.63. The third-order valence-corrected chi connectivity index (χ3v) is 5.81. The maximum atomic E-state index is 13.7. The van der Waals surface area contributed by atoms with Crippen molar-refractivity contribution in [3.8, 4) is 11.5 Å². The van der Waals surface area contributed by atoms with Gasteiger partial charge >= 0.3 is 0 Å². The van der Waals surface area contributed by atoms with Crippen LogP contribution in [-0.2, 0) is 12.8 Å². The summed E-state index contributed by atoms with van der Waals surface area (Å²) in [5.41, 5.74) is 10.4. The summed E-state index contributed by atoms with van der Waals surface area (Å²) in [7, 11) is 0. The molecule has 1 aromatic heterocycles. The first-order valence-electron chi connectivity index (χ1n) is 8.26. The maximum Gasteiger partial charge on any atom is 0.257 e. The lowest BCUT2D eigenvalue weighted by atomic mass is 9.87. The zero-order chi connectivity index (χ0) is 17.4. The summed E-state index contributed by atoms with van der Waals surface area (Å²) in [5, 5.41) is 4.05. The van der Waals surface area contributed by atoms with Crippen LogP contribution < -0.4 is 5.73 Å². The molecule has 3 aromatic rings. The van der Waals surface area contributed by atoms with E-state index in [1.54, 1.807) is 6.07 Å². The standard InChI is InChI=1S/C19H17FIN3O/c20-15-5-1-4-12(18(15)21)10-17-23-19(25-24-17)13-8-7-11-3-2-6-16(22)14(11)9-13/h1,4-5,7-9,16H,2-3,6,10,22H2. The van der Waals surface area contributed by atoms with E-state index in [1.807, 2.05) is 34.7 Å². The highest BCUT2D eigenvalue weighted by molar-refractivity contribution is 14.1. The number of nitrogens with zero attached hydrogens (tertiary/aromatic N) is 2. The molecular weight excluding hydrogens is 432 g/mol. The molecule has 1 heterocycles. The normalized spacial score (nSPS) is 16.7. The van der Waals surface area contributed by atoms with Gasteiger partial charge < -0.3 is 10.3 Å². The SMILES string of the molecule is NC1CCCc2ccc(-c3nc(Cc4cccc(F)c4I)no3)cc21. The first-order valence-corrected chi connectivity index (χ1v) is 9.34. The number of aromatic nitrogens is 2. The van der Waals surface area contributed by atoms with Gasteiger partial charge in [-0.15, -0.1) is 0 Å². The van der Waals surface area contributed by atoms with Crippen LogP contribution in [0, 0.1) is 9.39 Å². The first-order chi connectivity index (χ1) is 12.1. The Hall–Kier alpha value is -1.80. The predicted octanol–water partition coefficient (Wildman–Crippen LogP) is 4.41. The monoisotopic (exact) mass is 449 g/mol. The van der Waals surface area contributed by atoms with Gasteiger partial charge in [0, 0.05) is 18.0 Å². The number of fused-ring (bicyclic) bond motifs is 1. The Balaban J connectivity index is 1.61. The quantitative estimate of drug-likeness (QED) is 0.602. The summed E-state index contributed by atoms with van der Waals surface area (Å²) in [6.45, 7) is 0. The largest absolute Gasteiger partial charge is 0.334 e. The molecule has 1 aliphatic carbocycles. The van der Waals surface area contributed by atoms with Gasteiger partial charge in [0.2, 0.25) is 0 Å². The highest BCUT2D eigenvalue weighted by Gasteiger charge is 2.19. The molecule has 2 aromatic carbocycles. The van der Waals surface area contributed by atoms with Crippen molar-refractivity contribution in [3.63, 3.8) is 0 Å². The lowest BCUT2D eigenvalue weighted by Crippen LogP contribution is -2.17. The Morgan fingerprint density at radius 1 is 1.28 bits per heavy atom. The van der Waals surface area contributed by atoms with Gasteiger partial charge in [-0.3, -0.25) is 0 Å². The van der Waals surface area contributed by atoms with Crippen LogP contribution in [-0.4, -0.2) is 10.1 Å². The van der Waals surface area contributed by atoms with Crippen molar-refractivity contribution in [2.45, 2.75) is 31.7 Å². The molecule has 0 spiro atoms. The van der Waals surface area contributed by atoms with Crippen molar-refractivity contribution < 1.29 is 8.91 Å². The maximum absolute atomic E-state index is 13.7. The topological polar surface area (TPSA) is 64.9 Å². The van der Waals surface area contributed by atoms with Crippen LogP contribution in [0.3, 0.4) is 0 Å². The molecule has 128 valence electrons. The van der Waals surface area contributed by atoms with Gasteiger partial charge in [-0.1, -0.05) is 23.4 Å². The van der Waals surface area contributed by atoms with Crippen LogP contribution >= 0.6 is 22.6 Å². The third kappa shape index (κ3) is 3.32. The molecule has 1 unspecified atom stereocenters. The Morgan fingerprint density at radius 2 is 2.16 bits per heavy atom. The average molecular weight is 449 g/mol. The van der Waals surface area contributed by atoms with Crippen LogP contribution in [0.1, 0.15) is 41.4 Å². The molecule has 0 fully saturated rings. The number of nitrogens with two attached hydrogens (primary N) is 1. The lowest BCUT2D eigenvalue weighted by molar-refractivity contribution is 0.423. The van der Waals surface area contributed by atoms with Gasteiger partial charge in [0.1, 0.15) is 5.82 Å². The number of aryl methyl sites for hydroxylation is 1. The Labute approximate surface area is 158 Å². The number of benzene rings is 2. The van der Waals surface area contributed by atoms with E-state index in [1.165, 1.54) is 17.2 Å². The summed E-state index contributed by atoms with van der Waals surface area (Å²) in [6, 6.07) is 11.2. The van der Waals surface area contributed by atoms with Crippen LogP contribution in [0.5, 0.6) is 0 Å². The molecule has 4 rings (SSSR count). The highest BCUT2D eigenvalue weighted by atomic mass is 127. The summed E-state index contributed by atoms with van der Waals surface area (Å²) in [5.74, 6) is 0.785. The van der Waals surface area contributed by atoms with Crippen molar-refractivity contribution in [1.82, 2.24) is 10.1 Å². The Morgan fingerprint density at radius 3 is 3.04 bits per heavy atom. The van der Waals surface area contributed by atoms with Gasteiger partial charge in [-0.05, 0) is 76.7 Å². The van der Waals surface area contributed by atoms with Crippen molar-refractivity contribution in [3.05, 3.63) is 68.3 Å². The Bertz CT molecular complexity index is 925. The number of hydrogen-bond acceptors (Lipinski definition) is 4. The van der Waals surface area contributed by atoms with Crippen molar-refractivity contribution in [1.29, 1.82) is 0 Å². The fourth-order valence-corrected chi connectivity index (χ4v) is 3.82. The van der Waals surface area contributed by atoms with E-state index < -0.39 is 0 Å². The molecule has 1 aliphatic rings. The molecule has 25 heavy (non-hydrogen) atoms. The fraction of sp³-hybridized carbons (Fsp3) is 0.263. The number of rotatable bonds is 3. The molecule has 0 amide bonds. The minimum atomic E-state index is -0.231. The van der Waals surface area contributed by atoms with Crippen LogP contribution in [0.25, 0.3) is 11.5 Å². The second-order valence-corrected chi connectivity index (χ2v) is 7.40. The summed E-state index contributed by atoms with van der Waals surface area (Å²) < 4.78 is 19.7. The van der Waals surface area contributed by atoms with Gasteiger partial charge in [0.15, 0.2) is 5.82 Å². The molecule has 6 heteroatoms. The third-order valence-electron chi connectivity index (χ3n) is 4.60. The highest BCUT2D eigenvalue weighted by Crippen LogP contribution is 2.31. The Kier molecular flexibility index (Phi) is 4.56. The van der Waals surface area contributed by atoms with Crippen molar-refractivity contribution in [2.75, 3.05) is 0 Å². The summed E-state index contributed by atoms with van der Waals surface area (Å²) in [4.78, 5) is 4.48. The molecule has 0 aliphatic heterocycles. The van der Waals surface area contributed by atoms with Crippen molar-refractivity contribution >= 4 is 22.6 Å². The number of halogens is 2. The fourth-order valence-electron chi connectivity index (χ4n) is 3.27. The lowest BCUT2D eigenvalue weighted by Gasteiger charge is -2.22. The molecule has 0 radical (unpaired) electrons. The predicted molar refractivity (Wildman–Crippen MR) is 102 cm³/mol. The van der Waals surface area contributed by atoms with Gasteiger partial charge in [0.05, 0.1) is 3.57 Å². The molecule has 0 saturated carbocycles. The van der Waals surface area contributed by atoms with Crippen LogP contribution in [0.2, 0.25) is 0 Å². The molecular formula is C19H17FIN3O. The van der Waals surface area contributed by atoms with E-state index in [0.29, 0.717) is 21.7 Å². The van der Waals surface area contributed by atoms with Crippen molar-refractivity contribution in [2.24, 2.45) is 5.73 Å². The average Bonchev–Trinajstić information content (AvgIpc) is 3.08. The van der Waals surface area contributed by atoms with Gasteiger partial charge in [-0.25, -0.2) is 4.39 Å². The van der Waals surface area contributed by atoms with E-state index in [2.05, 4.69) is 22.3 Å². The minimum Gasteiger partial charge on any atom is -0.334 e. The number of hydrogen-bond donors (Lipinski definition) is 1. The van der Waals surface area contributed by atoms with E-state index in [0.717, 1.165) is 30.4 Å². The van der Waals surface area contributed by atoms with E-state index in [-0.39, 0.29) is 11.9 Å². The zero-order valence-corrected chi connectivity index (χ0v) is 15.7. The zero-order valence-electron chi connectivity index (χ0n) is 13.5. The molecule has 1 atom stereocenters. The van der Waals surface area contributed by atoms with E-state index in [4.69, 9.17) is 10.3 Å². The summed E-state index contributed by atoms with van der Waals surface area (Å²) >= 11 is 2.00. The molecule has 0 saturated heterocycles. The van der Waals surface area contributed by atoms with E-state index in [9.17, 15) is 4.39 Å². The molecule has 4 nitrogen and oxygen atoms in total. The molecule has 2 N–H and O–H groups in total. The van der Waals surface area contributed by atoms with Gasteiger partial charge in [-0.2, -0.15) is 4.98 Å². The minimum absolute atomic E-state index is 0.0694. The second-order valence-electron chi connectivity index (χ2n) is 6.32. The smallest absolute Gasteiger partial charge is 0.257 e. The van der Waals surface area contributed by atoms with Crippen LogP contribution in [0.4, 0.5) is 4.39 Å². The van der Waals surface area contributed by atoms with Crippen LogP contribution in [0.15, 0.2) is 40.9 Å². The van der Waals surface area contributed by atoms with Gasteiger partial charge in [0.25, 0.3) is 5.89 Å². The first kappa shape index (κ1) is 16.7. The second kappa shape index (κ2) is 6.84.